The highest BCUT2D eigenvalue weighted by Gasteiger charge is 2.28. The maximum absolute atomic E-state index is 13.1. The average Bonchev–Trinajstić information content (AvgIpc) is 3.38. The second kappa shape index (κ2) is 19.0. The van der Waals surface area contributed by atoms with Crippen LogP contribution >= 0.6 is 34.9 Å². The fraction of sp³-hybridized carbons (Fsp3) is 0.643. The summed E-state index contributed by atoms with van der Waals surface area (Å²) < 4.78 is 5.71. The number of allylic oxidation sites excluding steroid dienone is 1. The van der Waals surface area contributed by atoms with Crippen LogP contribution in [0.1, 0.15) is 82.8 Å². The van der Waals surface area contributed by atoms with Crippen LogP contribution in [0.4, 0.5) is 0 Å². The molecule has 0 fully saturated rings. The van der Waals surface area contributed by atoms with E-state index in [-0.39, 0.29) is 41.6 Å². The predicted molar refractivity (Wildman–Crippen MR) is 165 cm³/mol. The van der Waals surface area contributed by atoms with E-state index in [0.29, 0.717) is 34.3 Å². The Morgan fingerprint density at radius 1 is 1.23 bits per heavy atom. The highest BCUT2D eigenvalue weighted by molar-refractivity contribution is 8.15. The van der Waals surface area contributed by atoms with E-state index < -0.39 is 18.1 Å². The summed E-state index contributed by atoms with van der Waals surface area (Å²) in [4.78, 5) is 59.4. The molecular formula is C28H42N4O5S3. The van der Waals surface area contributed by atoms with Crippen LogP contribution < -0.4 is 10.6 Å². The van der Waals surface area contributed by atoms with Gasteiger partial charge in [-0.25, -0.2) is 9.78 Å². The van der Waals surface area contributed by atoms with E-state index in [4.69, 9.17) is 4.74 Å². The zero-order valence-corrected chi connectivity index (χ0v) is 26.4. The van der Waals surface area contributed by atoms with Crippen molar-refractivity contribution in [3.8, 4) is 0 Å². The molecule has 9 nitrogen and oxygen atoms in total. The molecule has 1 unspecified atom stereocenters. The van der Waals surface area contributed by atoms with Crippen LogP contribution in [-0.4, -0.2) is 63.6 Å². The number of hydrogen-bond donors (Lipinski definition) is 2. The van der Waals surface area contributed by atoms with Crippen LogP contribution in [-0.2, 0) is 30.5 Å². The second-order valence-corrected chi connectivity index (χ2v) is 12.8. The molecule has 2 N–H and O–H groups in total. The Morgan fingerprint density at radius 3 is 2.73 bits per heavy atom. The lowest BCUT2D eigenvalue weighted by Gasteiger charge is -2.23. The average molecular weight is 611 g/mol. The van der Waals surface area contributed by atoms with Crippen molar-refractivity contribution in [1.82, 2.24) is 15.6 Å². The van der Waals surface area contributed by atoms with E-state index >= 15 is 0 Å². The molecule has 0 aliphatic carbocycles. The number of nitrogens with zero attached hydrogens (tertiary/aromatic N) is 2. The molecule has 222 valence electrons. The molecule has 2 rings (SSSR count). The Balaban J connectivity index is 2.04. The van der Waals surface area contributed by atoms with Gasteiger partial charge in [-0.3, -0.25) is 19.4 Å². The number of fused-ring (bicyclic) bond motifs is 2. The first-order valence-corrected chi connectivity index (χ1v) is 16.7. The molecular weight excluding hydrogens is 569 g/mol. The van der Waals surface area contributed by atoms with Gasteiger partial charge >= 0.3 is 5.97 Å². The standard InChI is InChI=1S/C28H42N4O5S3/c1-5-6-7-8-9-13-25(35)38-14-11-10-12-20-15-22(33)30-16-24-31-21(17-39-24)27(29-4)40-18-23(34)32-26(19(2)3)28(36)37-20/h10,12,17,19-20,26H,5-9,11,13-16,18H2,1-4H3,(H,30,33)(H,32,34)/b12-10+,29-27?/t20?,26-/m0/s1. The van der Waals surface area contributed by atoms with Gasteiger partial charge in [0.1, 0.15) is 27.9 Å². The third-order valence-electron chi connectivity index (χ3n) is 6.02. The predicted octanol–water partition coefficient (Wildman–Crippen LogP) is 4.89. The number of rotatable bonds is 11. The molecule has 2 atom stereocenters. The number of hydrogen-bond acceptors (Lipinski definition) is 10. The molecule has 2 amide bonds. The number of carbonyl (C=O) groups is 4. The fourth-order valence-electron chi connectivity index (χ4n) is 3.82. The Labute approximate surface area is 250 Å². The lowest BCUT2D eigenvalue weighted by Crippen LogP contribution is -2.47. The molecule has 12 heteroatoms. The zero-order valence-electron chi connectivity index (χ0n) is 23.9. The van der Waals surface area contributed by atoms with Crippen molar-refractivity contribution < 1.29 is 23.9 Å². The van der Waals surface area contributed by atoms with Crippen LogP contribution in [0.2, 0.25) is 0 Å². The van der Waals surface area contributed by atoms with Crippen molar-refractivity contribution in [1.29, 1.82) is 0 Å². The molecule has 2 heterocycles. The summed E-state index contributed by atoms with van der Waals surface area (Å²) >= 11 is 3.95. The number of esters is 1. The summed E-state index contributed by atoms with van der Waals surface area (Å²) in [5.41, 5.74) is 0.648. The first kappa shape index (κ1) is 34.0. The summed E-state index contributed by atoms with van der Waals surface area (Å²) in [6, 6.07) is -0.863. The topological polar surface area (TPSA) is 127 Å². The third-order valence-corrected chi connectivity index (χ3v) is 8.91. The quantitative estimate of drug-likeness (QED) is 0.206. The first-order chi connectivity index (χ1) is 19.2. The number of carbonyl (C=O) groups excluding carboxylic acids is 4. The highest BCUT2D eigenvalue weighted by atomic mass is 32.2. The minimum absolute atomic E-state index is 0.0689. The van der Waals surface area contributed by atoms with Crippen molar-refractivity contribution in [3.63, 3.8) is 0 Å². The largest absolute Gasteiger partial charge is 0.456 e. The summed E-state index contributed by atoms with van der Waals surface area (Å²) in [5, 5.41) is 8.96. The van der Waals surface area contributed by atoms with E-state index in [1.54, 1.807) is 13.1 Å². The molecule has 0 radical (unpaired) electrons. The van der Waals surface area contributed by atoms with Gasteiger partial charge in [0, 0.05) is 24.6 Å². The number of thioether (sulfide) groups is 2. The van der Waals surface area contributed by atoms with Crippen LogP contribution in [0.25, 0.3) is 0 Å². The van der Waals surface area contributed by atoms with Gasteiger partial charge in [0.05, 0.1) is 18.7 Å². The number of amides is 2. The number of aromatic nitrogens is 1. The maximum Gasteiger partial charge on any atom is 0.329 e. The van der Waals surface area contributed by atoms with Crippen LogP contribution in [0.3, 0.4) is 0 Å². The molecule has 2 bridgehead atoms. The lowest BCUT2D eigenvalue weighted by atomic mass is 10.0. The van der Waals surface area contributed by atoms with Gasteiger partial charge in [0.25, 0.3) is 0 Å². The van der Waals surface area contributed by atoms with Gasteiger partial charge in [0.15, 0.2) is 5.12 Å². The van der Waals surface area contributed by atoms with E-state index in [0.717, 1.165) is 12.8 Å². The van der Waals surface area contributed by atoms with Crippen LogP contribution in [0.5, 0.6) is 0 Å². The highest BCUT2D eigenvalue weighted by Crippen LogP contribution is 2.19. The number of ether oxygens (including phenoxy) is 1. The normalized spacial score (nSPS) is 20.5. The van der Waals surface area contributed by atoms with E-state index in [1.165, 1.54) is 54.1 Å². The summed E-state index contributed by atoms with van der Waals surface area (Å²) in [7, 11) is 1.63. The Kier molecular flexibility index (Phi) is 16.2. The van der Waals surface area contributed by atoms with Crippen molar-refractivity contribution in [3.05, 3.63) is 28.2 Å². The molecule has 0 spiro atoms. The van der Waals surface area contributed by atoms with Gasteiger partial charge < -0.3 is 15.4 Å². The summed E-state index contributed by atoms with van der Waals surface area (Å²) in [6.45, 7) is 6.05. The van der Waals surface area contributed by atoms with E-state index in [9.17, 15) is 19.2 Å². The number of cyclic esters (lactones) is 1. The molecule has 0 aromatic carbocycles. The Morgan fingerprint density at radius 2 is 2.00 bits per heavy atom. The minimum Gasteiger partial charge on any atom is -0.456 e. The first-order valence-electron chi connectivity index (χ1n) is 13.9. The van der Waals surface area contributed by atoms with Crippen molar-refractivity contribution >= 4 is 62.8 Å². The van der Waals surface area contributed by atoms with Gasteiger partial charge in [-0.05, 0) is 24.8 Å². The number of nitrogens with one attached hydrogen (secondary N) is 2. The van der Waals surface area contributed by atoms with E-state index in [1.807, 2.05) is 25.3 Å². The summed E-state index contributed by atoms with van der Waals surface area (Å²) in [6.07, 6.45) is 9.42. The number of aliphatic imine (C=N–C) groups is 1. The second-order valence-electron chi connectivity index (χ2n) is 9.79. The molecule has 1 aromatic heterocycles. The molecule has 1 aromatic rings. The Bertz CT molecular complexity index is 1040. The monoisotopic (exact) mass is 610 g/mol. The fourth-order valence-corrected chi connectivity index (χ4v) is 6.12. The molecule has 1 aliphatic rings. The molecule has 0 saturated heterocycles. The molecule has 0 saturated carbocycles. The van der Waals surface area contributed by atoms with Crippen LogP contribution in [0, 0.1) is 5.92 Å². The zero-order chi connectivity index (χ0) is 29.3. The van der Waals surface area contributed by atoms with E-state index in [2.05, 4.69) is 27.5 Å². The van der Waals surface area contributed by atoms with Gasteiger partial charge in [-0.1, -0.05) is 76.1 Å². The van der Waals surface area contributed by atoms with Gasteiger partial charge in [-0.2, -0.15) is 0 Å². The summed E-state index contributed by atoms with van der Waals surface area (Å²) in [5.74, 6) is -0.726. The number of unbranched alkanes of at least 4 members (excludes halogenated alkanes) is 4. The third kappa shape index (κ3) is 13.0. The minimum atomic E-state index is -0.863. The smallest absolute Gasteiger partial charge is 0.329 e. The molecule has 40 heavy (non-hydrogen) atoms. The molecule has 1 aliphatic heterocycles. The van der Waals surface area contributed by atoms with Gasteiger partial charge in [-0.15, -0.1) is 11.3 Å². The van der Waals surface area contributed by atoms with Crippen molar-refractivity contribution in [2.45, 2.75) is 90.8 Å². The van der Waals surface area contributed by atoms with Gasteiger partial charge in [0.2, 0.25) is 11.8 Å². The lowest BCUT2D eigenvalue weighted by molar-refractivity contribution is -0.153. The van der Waals surface area contributed by atoms with Crippen LogP contribution in [0.15, 0.2) is 22.5 Å². The Hall–Kier alpha value is -2.18. The van der Waals surface area contributed by atoms with Crippen molar-refractivity contribution in [2.24, 2.45) is 10.9 Å². The number of thiazole rings is 1. The maximum atomic E-state index is 13.1. The van der Waals surface area contributed by atoms with Crippen molar-refractivity contribution in [2.75, 3.05) is 18.6 Å². The SMILES string of the molecule is CCCCCCCC(=O)SCC/C=C/C1CC(=O)NCc2nc(cs2)C(=NC)SCC(=O)N[C@@H](C(C)C)C(=O)O1.